The number of H-pyrrole nitrogens is 1. The third-order valence-corrected chi connectivity index (χ3v) is 3.71. The lowest BCUT2D eigenvalue weighted by Crippen LogP contribution is -2.21. The number of fused-ring (bicyclic) bond motifs is 1. The lowest BCUT2D eigenvalue weighted by Gasteiger charge is -2.10. The van der Waals surface area contributed by atoms with Crippen molar-refractivity contribution in [3.05, 3.63) is 46.3 Å². The van der Waals surface area contributed by atoms with E-state index in [1.54, 1.807) is 29.7 Å². The topological polar surface area (TPSA) is 122 Å². The normalized spacial score (nSPS) is 11.1. The van der Waals surface area contributed by atoms with Gasteiger partial charge in [-0.3, -0.25) is 10.0 Å². The molecule has 9 nitrogen and oxygen atoms in total. The second-order valence-corrected chi connectivity index (χ2v) is 5.66. The summed E-state index contributed by atoms with van der Waals surface area (Å²) in [4.78, 5) is 35.7. The van der Waals surface area contributed by atoms with Crippen LogP contribution in [-0.4, -0.2) is 37.7 Å². The van der Waals surface area contributed by atoms with Crippen molar-refractivity contribution in [1.82, 2.24) is 25.0 Å². The molecule has 2 heterocycles. The molecule has 3 N–H and O–H groups in total. The van der Waals surface area contributed by atoms with E-state index in [0.29, 0.717) is 17.3 Å². The van der Waals surface area contributed by atoms with Gasteiger partial charge in [-0.15, -0.1) is 0 Å². The van der Waals surface area contributed by atoms with Gasteiger partial charge in [-0.2, -0.15) is 0 Å². The molecule has 130 valence electrons. The van der Waals surface area contributed by atoms with Gasteiger partial charge >= 0.3 is 5.69 Å². The van der Waals surface area contributed by atoms with Gasteiger partial charge in [0.2, 0.25) is 0 Å². The fourth-order valence-electron chi connectivity index (χ4n) is 2.52. The number of hydrogen-bond acceptors (Lipinski definition) is 6. The van der Waals surface area contributed by atoms with Crippen molar-refractivity contribution in [2.45, 2.75) is 19.8 Å². The van der Waals surface area contributed by atoms with Crippen molar-refractivity contribution in [2.24, 2.45) is 0 Å². The fourth-order valence-corrected chi connectivity index (χ4v) is 2.52. The number of amides is 1. The third kappa shape index (κ3) is 2.74. The maximum atomic E-state index is 12.5. The minimum atomic E-state index is -0.831. The molecule has 25 heavy (non-hydrogen) atoms. The number of aromatic nitrogens is 4. The molecular formula is C16H17N5O4. The summed E-state index contributed by atoms with van der Waals surface area (Å²) < 4.78 is 6.63. The molecule has 1 aromatic carbocycles. The molecular weight excluding hydrogens is 326 g/mol. The Hall–Kier alpha value is -3.20. The van der Waals surface area contributed by atoms with Crippen molar-refractivity contribution in [3.8, 4) is 11.4 Å². The molecule has 2 aromatic heterocycles. The summed E-state index contributed by atoms with van der Waals surface area (Å²) in [5, 5.41) is 8.97. The van der Waals surface area contributed by atoms with E-state index in [1.165, 1.54) is 11.7 Å². The average molecular weight is 343 g/mol. The van der Waals surface area contributed by atoms with Crippen LogP contribution in [0.25, 0.3) is 16.9 Å². The van der Waals surface area contributed by atoms with Gasteiger partial charge in [-0.25, -0.2) is 24.8 Å². The number of ether oxygens (including phenoxy) is 1. The summed E-state index contributed by atoms with van der Waals surface area (Å²) in [6.07, 6.45) is 0. The Kier molecular flexibility index (Phi) is 4.24. The molecule has 3 aromatic rings. The highest BCUT2D eigenvalue weighted by atomic mass is 16.5. The van der Waals surface area contributed by atoms with Crippen LogP contribution in [0.4, 0.5) is 0 Å². The maximum Gasteiger partial charge on any atom is 0.332 e. The highest BCUT2D eigenvalue weighted by Crippen LogP contribution is 2.25. The Balaban J connectivity index is 2.41. The molecule has 0 radical (unpaired) electrons. The third-order valence-electron chi connectivity index (χ3n) is 3.71. The standard InChI is InChI=1S/C16H17N5O4/c1-8(2)13-17-12(15(22)20-24)11-14(19-13)21(16(23)18-11)9-6-4-5-7-10(9)25-3/h4-8,24H,1-3H3,(H,18,23)(H,20,22). The monoisotopic (exact) mass is 343 g/mol. The Morgan fingerprint density at radius 2 is 2.04 bits per heavy atom. The predicted molar refractivity (Wildman–Crippen MR) is 89.4 cm³/mol. The molecule has 0 saturated heterocycles. The van der Waals surface area contributed by atoms with E-state index in [-0.39, 0.29) is 22.8 Å². The van der Waals surface area contributed by atoms with Crippen LogP contribution in [-0.2, 0) is 0 Å². The Morgan fingerprint density at radius 1 is 1.32 bits per heavy atom. The van der Waals surface area contributed by atoms with E-state index in [9.17, 15) is 9.59 Å². The molecule has 0 fully saturated rings. The SMILES string of the molecule is COc1ccccc1-n1c(=O)[nH]c2c(C(=O)NO)nc(C(C)C)nc21. The van der Waals surface area contributed by atoms with Gasteiger partial charge in [0.15, 0.2) is 11.3 Å². The van der Waals surface area contributed by atoms with Gasteiger partial charge in [0.25, 0.3) is 5.91 Å². The smallest absolute Gasteiger partial charge is 0.332 e. The number of hydrogen-bond donors (Lipinski definition) is 3. The number of nitrogens with one attached hydrogen (secondary N) is 2. The van der Waals surface area contributed by atoms with Gasteiger partial charge in [0.05, 0.1) is 12.8 Å². The first kappa shape index (κ1) is 16.7. The number of benzene rings is 1. The molecule has 3 rings (SSSR count). The van der Waals surface area contributed by atoms with E-state index in [1.807, 2.05) is 13.8 Å². The van der Waals surface area contributed by atoms with Crippen LogP contribution in [0, 0.1) is 0 Å². The van der Waals surface area contributed by atoms with Crippen LogP contribution in [0.5, 0.6) is 5.75 Å². The highest BCUT2D eigenvalue weighted by molar-refractivity contribution is 6.01. The number of para-hydroxylation sites is 2. The number of carbonyl (C=O) groups excluding carboxylic acids is 1. The minimum absolute atomic E-state index is 0.0919. The fraction of sp³-hybridized carbons (Fsp3) is 0.250. The van der Waals surface area contributed by atoms with Gasteiger partial charge in [0.1, 0.15) is 17.1 Å². The van der Waals surface area contributed by atoms with Gasteiger partial charge < -0.3 is 9.72 Å². The molecule has 0 aliphatic carbocycles. The van der Waals surface area contributed by atoms with E-state index in [0.717, 1.165) is 0 Å². The second-order valence-electron chi connectivity index (χ2n) is 5.66. The van der Waals surface area contributed by atoms with E-state index < -0.39 is 11.6 Å². The lowest BCUT2D eigenvalue weighted by atomic mass is 10.2. The Labute approximate surface area is 142 Å². The molecule has 0 atom stereocenters. The van der Waals surface area contributed by atoms with Crippen LogP contribution < -0.4 is 15.9 Å². The molecule has 9 heteroatoms. The van der Waals surface area contributed by atoms with Gasteiger partial charge in [0, 0.05) is 5.92 Å². The van der Waals surface area contributed by atoms with E-state index in [4.69, 9.17) is 9.94 Å². The van der Waals surface area contributed by atoms with Crippen LogP contribution in [0.1, 0.15) is 36.1 Å². The highest BCUT2D eigenvalue weighted by Gasteiger charge is 2.22. The number of aromatic amines is 1. The number of nitrogens with zero attached hydrogens (tertiary/aromatic N) is 3. The molecule has 0 saturated carbocycles. The summed E-state index contributed by atoms with van der Waals surface area (Å²) >= 11 is 0. The molecule has 1 amide bonds. The van der Waals surface area contributed by atoms with E-state index in [2.05, 4.69) is 15.0 Å². The first-order valence-corrected chi connectivity index (χ1v) is 7.58. The molecule has 0 aliphatic heterocycles. The molecule has 0 bridgehead atoms. The number of carbonyl (C=O) groups is 1. The summed E-state index contributed by atoms with van der Waals surface area (Å²) in [7, 11) is 1.50. The number of imidazole rings is 1. The van der Waals surface area contributed by atoms with Crippen LogP contribution in [0.15, 0.2) is 29.1 Å². The predicted octanol–water partition coefficient (Wildman–Crippen LogP) is 1.36. The van der Waals surface area contributed by atoms with E-state index >= 15 is 0 Å². The van der Waals surface area contributed by atoms with Crippen LogP contribution in [0.3, 0.4) is 0 Å². The minimum Gasteiger partial charge on any atom is -0.495 e. The quantitative estimate of drug-likeness (QED) is 0.486. The molecule has 0 unspecified atom stereocenters. The molecule has 0 spiro atoms. The number of hydroxylamine groups is 1. The summed E-state index contributed by atoms with van der Waals surface area (Å²) in [6.45, 7) is 3.72. The zero-order valence-corrected chi connectivity index (χ0v) is 13.9. The Morgan fingerprint density at radius 3 is 2.68 bits per heavy atom. The lowest BCUT2D eigenvalue weighted by molar-refractivity contribution is 0.0702. The summed E-state index contributed by atoms with van der Waals surface area (Å²) in [5.74, 6) is -0.0781. The summed E-state index contributed by atoms with van der Waals surface area (Å²) in [6, 6.07) is 6.96. The van der Waals surface area contributed by atoms with Crippen molar-refractivity contribution in [2.75, 3.05) is 7.11 Å². The van der Waals surface area contributed by atoms with Crippen molar-refractivity contribution in [1.29, 1.82) is 0 Å². The van der Waals surface area contributed by atoms with Gasteiger partial charge in [-0.1, -0.05) is 26.0 Å². The summed E-state index contributed by atoms with van der Waals surface area (Å²) in [5.41, 5.74) is 1.77. The molecule has 0 aliphatic rings. The van der Waals surface area contributed by atoms with Crippen molar-refractivity contribution in [3.63, 3.8) is 0 Å². The largest absolute Gasteiger partial charge is 0.495 e. The number of methoxy groups -OCH3 is 1. The second kappa shape index (κ2) is 6.36. The number of rotatable bonds is 4. The van der Waals surface area contributed by atoms with Crippen LogP contribution >= 0.6 is 0 Å². The van der Waals surface area contributed by atoms with Crippen LogP contribution in [0.2, 0.25) is 0 Å². The maximum absolute atomic E-state index is 12.5. The van der Waals surface area contributed by atoms with Gasteiger partial charge in [-0.05, 0) is 12.1 Å². The first-order chi connectivity index (χ1) is 12.0. The average Bonchev–Trinajstić information content (AvgIpc) is 2.95. The zero-order valence-electron chi connectivity index (χ0n) is 13.9. The first-order valence-electron chi connectivity index (χ1n) is 7.58. The van der Waals surface area contributed by atoms with Crippen molar-refractivity contribution >= 4 is 17.1 Å². The Bertz CT molecular complexity index is 1010. The zero-order chi connectivity index (χ0) is 18.1. The van der Waals surface area contributed by atoms with Crippen molar-refractivity contribution < 1.29 is 14.7 Å².